The van der Waals surface area contributed by atoms with Gasteiger partial charge in [-0.15, -0.1) is 0 Å². The molecule has 5 heteroatoms. The largest absolute Gasteiger partial charge is 0.465 e. The third-order valence-electron chi connectivity index (χ3n) is 3.77. The van der Waals surface area contributed by atoms with Crippen LogP contribution in [0.3, 0.4) is 0 Å². The second-order valence-corrected chi connectivity index (χ2v) is 5.23. The third kappa shape index (κ3) is 2.00. The fourth-order valence-electron chi connectivity index (χ4n) is 2.86. The molecule has 0 bridgehead atoms. The first kappa shape index (κ1) is 12.5. The average molecular weight is 279 g/mol. The minimum atomic E-state index is -0.384. The van der Waals surface area contributed by atoms with Crippen LogP contribution in [0.1, 0.15) is 47.8 Å². The zero-order valence-electron chi connectivity index (χ0n) is 10.7. The Morgan fingerprint density at radius 3 is 2.89 bits per heavy atom. The lowest BCUT2D eigenvalue weighted by molar-refractivity contribution is 0.0602. The molecule has 0 spiro atoms. The molecule has 0 amide bonds. The molecule has 2 aromatic rings. The first-order valence-electron chi connectivity index (χ1n) is 6.47. The van der Waals surface area contributed by atoms with E-state index in [0.717, 1.165) is 18.7 Å². The minimum absolute atomic E-state index is 0.378. The number of fused-ring (bicyclic) bond motifs is 1. The quantitative estimate of drug-likeness (QED) is 0.791. The molecule has 0 unspecified atom stereocenters. The number of carbonyl (C=O) groups excluding carboxylic acids is 1. The van der Waals surface area contributed by atoms with Crippen LogP contribution in [-0.2, 0) is 4.74 Å². The van der Waals surface area contributed by atoms with Gasteiger partial charge in [-0.2, -0.15) is 0 Å². The first-order valence-corrected chi connectivity index (χ1v) is 6.85. The van der Waals surface area contributed by atoms with Gasteiger partial charge in [0.2, 0.25) is 0 Å². The number of hydrogen-bond donors (Lipinski definition) is 0. The van der Waals surface area contributed by atoms with Crippen LogP contribution in [0, 0.1) is 0 Å². The summed E-state index contributed by atoms with van der Waals surface area (Å²) in [5.41, 5.74) is 1.12. The van der Waals surface area contributed by atoms with Gasteiger partial charge in [0.1, 0.15) is 5.82 Å². The maximum absolute atomic E-state index is 11.8. The average Bonchev–Trinajstić information content (AvgIpc) is 3.06. The van der Waals surface area contributed by atoms with Gasteiger partial charge in [-0.1, -0.05) is 24.4 Å². The van der Waals surface area contributed by atoms with Gasteiger partial charge in [0.05, 0.1) is 18.2 Å². The highest BCUT2D eigenvalue weighted by molar-refractivity contribution is 6.33. The molecule has 0 aromatic carbocycles. The standard InChI is InChI=1S/C14H15ClN2O2/c1-19-14(18)10-7-4-8-17-11(10)12(15)16-13(17)9-5-2-3-6-9/h4,7-9H,2-3,5-6H2,1H3. The molecule has 2 heterocycles. The van der Waals surface area contributed by atoms with Crippen molar-refractivity contribution in [2.24, 2.45) is 0 Å². The number of ether oxygens (including phenoxy) is 1. The molecular formula is C14H15ClN2O2. The Morgan fingerprint density at radius 2 is 2.21 bits per heavy atom. The second-order valence-electron chi connectivity index (χ2n) is 4.87. The van der Waals surface area contributed by atoms with Crippen molar-refractivity contribution >= 4 is 23.1 Å². The molecule has 0 saturated heterocycles. The monoisotopic (exact) mass is 278 g/mol. The number of aromatic nitrogens is 2. The van der Waals surface area contributed by atoms with Crippen LogP contribution in [0.2, 0.25) is 5.15 Å². The van der Waals surface area contributed by atoms with E-state index in [0.29, 0.717) is 22.2 Å². The molecule has 3 rings (SSSR count). The van der Waals surface area contributed by atoms with Gasteiger partial charge in [0.25, 0.3) is 0 Å². The third-order valence-corrected chi connectivity index (χ3v) is 4.04. The number of halogens is 1. The molecule has 2 aromatic heterocycles. The molecule has 0 atom stereocenters. The van der Waals surface area contributed by atoms with Crippen LogP contribution < -0.4 is 0 Å². The molecule has 19 heavy (non-hydrogen) atoms. The molecule has 0 aliphatic heterocycles. The van der Waals surface area contributed by atoms with Crippen molar-refractivity contribution < 1.29 is 9.53 Å². The molecule has 1 fully saturated rings. The van der Waals surface area contributed by atoms with E-state index in [9.17, 15) is 4.79 Å². The van der Waals surface area contributed by atoms with Gasteiger partial charge in [0.15, 0.2) is 5.15 Å². The second kappa shape index (κ2) is 4.85. The summed E-state index contributed by atoms with van der Waals surface area (Å²) in [4.78, 5) is 16.3. The number of rotatable bonds is 2. The van der Waals surface area contributed by atoms with E-state index >= 15 is 0 Å². The Labute approximate surface area is 116 Å². The number of imidazole rings is 1. The van der Waals surface area contributed by atoms with Gasteiger partial charge < -0.3 is 9.14 Å². The number of pyridine rings is 1. The summed E-state index contributed by atoms with van der Waals surface area (Å²) in [6, 6.07) is 3.54. The lowest BCUT2D eigenvalue weighted by atomic mass is 10.1. The molecular weight excluding hydrogens is 264 g/mol. The first-order chi connectivity index (χ1) is 9.22. The van der Waals surface area contributed by atoms with Crippen molar-refractivity contribution in [2.75, 3.05) is 7.11 Å². The zero-order chi connectivity index (χ0) is 13.4. The minimum Gasteiger partial charge on any atom is -0.465 e. The summed E-state index contributed by atoms with van der Waals surface area (Å²) in [5, 5.41) is 0.378. The van der Waals surface area contributed by atoms with Crippen LogP contribution in [0.5, 0.6) is 0 Å². The Kier molecular flexibility index (Phi) is 3.19. The SMILES string of the molecule is COC(=O)c1cccn2c(C3CCCC3)nc(Cl)c12. The van der Waals surface area contributed by atoms with E-state index in [1.54, 1.807) is 6.07 Å². The topological polar surface area (TPSA) is 43.6 Å². The molecule has 0 N–H and O–H groups in total. The summed E-state index contributed by atoms with van der Waals surface area (Å²) in [7, 11) is 1.37. The number of hydrogen-bond acceptors (Lipinski definition) is 3. The Hall–Kier alpha value is -1.55. The van der Waals surface area contributed by atoms with Crippen LogP contribution in [-0.4, -0.2) is 22.5 Å². The normalized spacial score (nSPS) is 16.1. The number of nitrogens with zero attached hydrogens (tertiary/aromatic N) is 2. The lowest BCUT2D eigenvalue weighted by Gasteiger charge is -2.08. The van der Waals surface area contributed by atoms with E-state index in [4.69, 9.17) is 16.3 Å². The highest BCUT2D eigenvalue weighted by Gasteiger charge is 2.25. The van der Waals surface area contributed by atoms with Crippen LogP contribution in [0.25, 0.3) is 5.52 Å². The predicted molar refractivity (Wildman–Crippen MR) is 72.8 cm³/mol. The van der Waals surface area contributed by atoms with Gasteiger partial charge in [-0.05, 0) is 25.0 Å². The number of methoxy groups -OCH3 is 1. The van der Waals surface area contributed by atoms with Crippen LogP contribution in [0.15, 0.2) is 18.3 Å². The van der Waals surface area contributed by atoms with Crippen molar-refractivity contribution in [3.8, 4) is 0 Å². The van der Waals surface area contributed by atoms with E-state index in [1.165, 1.54) is 20.0 Å². The molecule has 1 aliphatic rings. The highest BCUT2D eigenvalue weighted by Crippen LogP contribution is 2.36. The van der Waals surface area contributed by atoms with Crippen LogP contribution in [0.4, 0.5) is 0 Å². The van der Waals surface area contributed by atoms with Crippen molar-refractivity contribution in [3.05, 3.63) is 34.9 Å². The Balaban J connectivity index is 2.19. The fraction of sp³-hybridized carbons (Fsp3) is 0.429. The molecule has 100 valence electrons. The van der Waals surface area contributed by atoms with Gasteiger partial charge in [-0.3, -0.25) is 0 Å². The highest BCUT2D eigenvalue weighted by atomic mass is 35.5. The van der Waals surface area contributed by atoms with Crippen LogP contribution >= 0.6 is 11.6 Å². The summed E-state index contributed by atoms with van der Waals surface area (Å²) < 4.78 is 6.73. The van der Waals surface area contributed by atoms with Crippen molar-refractivity contribution in [3.63, 3.8) is 0 Å². The van der Waals surface area contributed by atoms with Crippen molar-refractivity contribution in [1.82, 2.24) is 9.38 Å². The molecule has 1 saturated carbocycles. The smallest absolute Gasteiger partial charge is 0.340 e. The number of esters is 1. The summed E-state index contributed by atoms with van der Waals surface area (Å²) in [6.07, 6.45) is 6.64. The van der Waals surface area contributed by atoms with E-state index in [-0.39, 0.29) is 5.97 Å². The summed E-state index contributed by atoms with van der Waals surface area (Å²) >= 11 is 6.22. The predicted octanol–water partition coefficient (Wildman–Crippen LogP) is 3.43. The number of carbonyl (C=O) groups is 1. The maximum Gasteiger partial charge on any atom is 0.340 e. The van der Waals surface area contributed by atoms with E-state index in [2.05, 4.69) is 4.98 Å². The summed E-state index contributed by atoms with van der Waals surface area (Å²) in [6.45, 7) is 0. The maximum atomic E-state index is 11.8. The van der Waals surface area contributed by atoms with Crippen molar-refractivity contribution in [1.29, 1.82) is 0 Å². The molecule has 0 radical (unpaired) electrons. The van der Waals surface area contributed by atoms with Crippen molar-refractivity contribution in [2.45, 2.75) is 31.6 Å². The molecule has 4 nitrogen and oxygen atoms in total. The zero-order valence-corrected chi connectivity index (χ0v) is 11.5. The van der Waals surface area contributed by atoms with Gasteiger partial charge in [0, 0.05) is 12.1 Å². The lowest BCUT2D eigenvalue weighted by Crippen LogP contribution is -2.05. The molecule has 1 aliphatic carbocycles. The van der Waals surface area contributed by atoms with Gasteiger partial charge in [-0.25, -0.2) is 9.78 Å². The van der Waals surface area contributed by atoms with Gasteiger partial charge >= 0.3 is 5.97 Å². The van der Waals surface area contributed by atoms with E-state index in [1.807, 2.05) is 16.7 Å². The Morgan fingerprint density at radius 1 is 1.47 bits per heavy atom. The Bertz CT molecular complexity index is 630. The summed E-state index contributed by atoms with van der Waals surface area (Å²) in [5.74, 6) is 1.02. The van der Waals surface area contributed by atoms with E-state index < -0.39 is 0 Å². The fourth-order valence-corrected chi connectivity index (χ4v) is 3.14.